The molecule has 82 valence electrons. The van der Waals surface area contributed by atoms with E-state index in [0.29, 0.717) is 6.54 Å². The lowest BCUT2D eigenvalue weighted by Crippen LogP contribution is -2.00. The zero-order chi connectivity index (χ0) is 11.4. The van der Waals surface area contributed by atoms with E-state index in [0.717, 1.165) is 21.2 Å². The van der Waals surface area contributed by atoms with Crippen LogP contribution in [0.2, 0.25) is 0 Å². The van der Waals surface area contributed by atoms with E-state index >= 15 is 0 Å². The number of aryl methyl sites for hydroxylation is 1. The van der Waals surface area contributed by atoms with Crippen molar-refractivity contribution in [3.63, 3.8) is 0 Å². The predicted molar refractivity (Wildman–Crippen MR) is 65.2 cm³/mol. The molecule has 0 fully saturated rings. The first-order valence-electron chi connectivity index (χ1n) is 5.04. The fourth-order valence-electron chi connectivity index (χ4n) is 1.32. The van der Waals surface area contributed by atoms with Crippen molar-refractivity contribution in [2.24, 2.45) is 5.73 Å². The highest BCUT2D eigenvalue weighted by molar-refractivity contribution is 7.99. The predicted octanol–water partition coefficient (Wildman–Crippen LogP) is 2.39. The van der Waals surface area contributed by atoms with Crippen LogP contribution in [0, 0.1) is 6.92 Å². The SMILES string of the molecule is Cc1ccc(CN)c(Sc2ccncc2)n1. The fourth-order valence-corrected chi connectivity index (χ4v) is 2.28. The van der Waals surface area contributed by atoms with Gasteiger partial charge in [-0.2, -0.15) is 0 Å². The van der Waals surface area contributed by atoms with Crippen molar-refractivity contribution in [1.82, 2.24) is 9.97 Å². The quantitative estimate of drug-likeness (QED) is 0.881. The third kappa shape index (κ3) is 2.59. The largest absolute Gasteiger partial charge is 0.326 e. The van der Waals surface area contributed by atoms with Crippen molar-refractivity contribution in [3.05, 3.63) is 47.9 Å². The number of nitrogens with two attached hydrogens (primary N) is 1. The number of aromatic nitrogens is 2. The Labute approximate surface area is 99.1 Å². The molecule has 16 heavy (non-hydrogen) atoms. The summed E-state index contributed by atoms with van der Waals surface area (Å²) in [5, 5.41) is 0.980. The first-order valence-corrected chi connectivity index (χ1v) is 5.85. The van der Waals surface area contributed by atoms with Crippen LogP contribution in [0.5, 0.6) is 0 Å². The third-order valence-corrected chi connectivity index (χ3v) is 3.22. The minimum absolute atomic E-state index is 0.515. The van der Waals surface area contributed by atoms with Crippen molar-refractivity contribution >= 4 is 11.8 Å². The van der Waals surface area contributed by atoms with Gasteiger partial charge in [0.2, 0.25) is 0 Å². The Morgan fingerprint density at radius 2 is 1.94 bits per heavy atom. The van der Waals surface area contributed by atoms with Crippen LogP contribution in [-0.4, -0.2) is 9.97 Å². The molecule has 2 rings (SSSR count). The summed E-state index contributed by atoms with van der Waals surface area (Å²) < 4.78 is 0. The second kappa shape index (κ2) is 5.09. The maximum absolute atomic E-state index is 5.69. The zero-order valence-corrected chi connectivity index (χ0v) is 9.87. The van der Waals surface area contributed by atoms with Crippen LogP contribution in [-0.2, 0) is 6.54 Å². The summed E-state index contributed by atoms with van der Waals surface area (Å²) in [4.78, 5) is 9.62. The van der Waals surface area contributed by atoms with Gasteiger partial charge < -0.3 is 5.73 Å². The number of hydrogen-bond acceptors (Lipinski definition) is 4. The summed E-state index contributed by atoms with van der Waals surface area (Å²) in [5.74, 6) is 0. The Balaban J connectivity index is 2.30. The van der Waals surface area contributed by atoms with Gasteiger partial charge in [-0.15, -0.1) is 0 Å². The monoisotopic (exact) mass is 231 g/mol. The Morgan fingerprint density at radius 3 is 2.62 bits per heavy atom. The normalized spacial score (nSPS) is 10.4. The smallest absolute Gasteiger partial charge is 0.106 e. The van der Waals surface area contributed by atoms with Gasteiger partial charge in [-0.25, -0.2) is 4.98 Å². The average molecular weight is 231 g/mol. The lowest BCUT2D eigenvalue weighted by Gasteiger charge is -2.07. The maximum Gasteiger partial charge on any atom is 0.106 e. The average Bonchev–Trinajstić information content (AvgIpc) is 2.31. The van der Waals surface area contributed by atoms with E-state index in [-0.39, 0.29) is 0 Å². The van der Waals surface area contributed by atoms with Gasteiger partial charge in [0, 0.05) is 29.5 Å². The third-order valence-electron chi connectivity index (χ3n) is 2.16. The Hall–Kier alpha value is -1.39. The van der Waals surface area contributed by atoms with E-state index in [1.54, 1.807) is 24.2 Å². The minimum atomic E-state index is 0.515. The highest BCUT2D eigenvalue weighted by atomic mass is 32.2. The molecule has 0 bridgehead atoms. The van der Waals surface area contributed by atoms with Gasteiger partial charge in [0.1, 0.15) is 5.03 Å². The number of rotatable bonds is 3. The summed E-state index contributed by atoms with van der Waals surface area (Å²) in [5.41, 5.74) is 7.77. The number of pyridine rings is 2. The van der Waals surface area contributed by atoms with Gasteiger partial charge in [0.05, 0.1) is 0 Å². The van der Waals surface area contributed by atoms with Crippen LogP contribution in [0.1, 0.15) is 11.3 Å². The molecule has 2 N–H and O–H groups in total. The highest BCUT2D eigenvalue weighted by Gasteiger charge is 2.05. The van der Waals surface area contributed by atoms with Gasteiger partial charge in [-0.05, 0) is 30.7 Å². The summed E-state index contributed by atoms with van der Waals surface area (Å²) in [7, 11) is 0. The summed E-state index contributed by atoms with van der Waals surface area (Å²) in [6.45, 7) is 2.50. The molecule has 0 spiro atoms. The maximum atomic E-state index is 5.69. The molecule has 0 atom stereocenters. The highest BCUT2D eigenvalue weighted by Crippen LogP contribution is 2.28. The fraction of sp³-hybridized carbons (Fsp3) is 0.167. The van der Waals surface area contributed by atoms with E-state index in [1.165, 1.54) is 0 Å². The van der Waals surface area contributed by atoms with Crippen LogP contribution in [0.25, 0.3) is 0 Å². The van der Waals surface area contributed by atoms with E-state index in [2.05, 4.69) is 9.97 Å². The molecule has 0 aliphatic rings. The molecule has 2 aromatic rings. The molecule has 2 heterocycles. The van der Waals surface area contributed by atoms with Crippen LogP contribution in [0.3, 0.4) is 0 Å². The van der Waals surface area contributed by atoms with Crippen LogP contribution >= 0.6 is 11.8 Å². The summed E-state index contributed by atoms with van der Waals surface area (Å²) in [6.07, 6.45) is 3.56. The van der Waals surface area contributed by atoms with E-state index in [4.69, 9.17) is 5.73 Å². The van der Waals surface area contributed by atoms with Crippen molar-refractivity contribution in [2.45, 2.75) is 23.4 Å². The Kier molecular flexibility index (Phi) is 3.54. The van der Waals surface area contributed by atoms with Crippen molar-refractivity contribution in [2.75, 3.05) is 0 Å². The van der Waals surface area contributed by atoms with Gasteiger partial charge in [-0.3, -0.25) is 4.98 Å². The molecular weight excluding hydrogens is 218 g/mol. The molecular formula is C12H13N3S. The molecule has 4 heteroatoms. The molecule has 0 aliphatic carbocycles. The molecule has 0 unspecified atom stereocenters. The van der Waals surface area contributed by atoms with Gasteiger partial charge in [0.15, 0.2) is 0 Å². The first-order chi connectivity index (χ1) is 7.79. The van der Waals surface area contributed by atoms with Crippen LogP contribution < -0.4 is 5.73 Å². The van der Waals surface area contributed by atoms with Gasteiger partial charge in [-0.1, -0.05) is 17.8 Å². The number of hydrogen-bond donors (Lipinski definition) is 1. The topological polar surface area (TPSA) is 51.8 Å². The molecule has 0 saturated heterocycles. The minimum Gasteiger partial charge on any atom is -0.326 e. The second-order valence-electron chi connectivity index (χ2n) is 3.41. The van der Waals surface area contributed by atoms with E-state index in [1.807, 2.05) is 31.2 Å². The van der Waals surface area contributed by atoms with E-state index in [9.17, 15) is 0 Å². The molecule has 0 radical (unpaired) electrons. The first kappa shape index (κ1) is 11.1. The molecule has 3 nitrogen and oxygen atoms in total. The van der Waals surface area contributed by atoms with Gasteiger partial charge >= 0.3 is 0 Å². The van der Waals surface area contributed by atoms with Crippen molar-refractivity contribution in [3.8, 4) is 0 Å². The van der Waals surface area contributed by atoms with Gasteiger partial charge in [0.25, 0.3) is 0 Å². The summed E-state index contributed by atoms with van der Waals surface area (Å²) >= 11 is 1.62. The number of nitrogens with zero attached hydrogens (tertiary/aromatic N) is 2. The lowest BCUT2D eigenvalue weighted by atomic mass is 10.2. The zero-order valence-electron chi connectivity index (χ0n) is 9.05. The lowest BCUT2D eigenvalue weighted by molar-refractivity contribution is 0.941. The molecule has 0 amide bonds. The van der Waals surface area contributed by atoms with Crippen LogP contribution in [0.4, 0.5) is 0 Å². The van der Waals surface area contributed by atoms with Crippen molar-refractivity contribution < 1.29 is 0 Å². The Morgan fingerprint density at radius 1 is 1.19 bits per heavy atom. The second-order valence-corrected chi connectivity index (χ2v) is 4.47. The summed E-state index contributed by atoms with van der Waals surface area (Å²) in [6, 6.07) is 7.95. The van der Waals surface area contributed by atoms with E-state index < -0.39 is 0 Å². The molecule has 2 aromatic heterocycles. The standard InChI is InChI=1S/C12H13N3S/c1-9-2-3-10(8-13)12(15-9)16-11-4-6-14-7-5-11/h2-7H,8,13H2,1H3. The molecule has 0 aromatic carbocycles. The Bertz CT molecular complexity index is 471. The van der Waals surface area contributed by atoms with Crippen molar-refractivity contribution in [1.29, 1.82) is 0 Å². The van der Waals surface area contributed by atoms with Crippen LogP contribution in [0.15, 0.2) is 46.6 Å². The molecule has 0 saturated carbocycles. The molecule has 0 aliphatic heterocycles.